The maximum atomic E-state index is 11.6. The molecule has 0 fully saturated rings. The maximum Gasteiger partial charge on any atom is 0.320 e. The number of hydrogen-bond acceptors (Lipinski definition) is 3. The van der Waals surface area contributed by atoms with Crippen LogP contribution in [0.5, 0.6) is 0 Å². The van der Waals surface area contributed by atoms with Crippen molar-refractivity contribution in [2.75, 3.05) is 5.32 Å². The zero-order valence-corrected chi connectivity index (χ0v) is 10.4. The number of nitrogens with one attached hydrogen (secondary N) is 2. The fourth-order valence-corrected chi connectivity index (χ4v) is 1.57. The molecule has 0 atom stereocenters. The number of anilines is 1. The highest BCUT2D eigenvalue weighted by molar-refractivity contribution is 5.88. The van der Waals surface area contributed by atoms with Gasteiger partial charge in [-0.05, 0) is 25.0 Å². The fraction of sp³-hybridized carbons (Fsp3) is 0.231. The monoisotopic (exact) mass is 245 g/mol. The van der Waals surface area contributed by atoms with Crippen molar-refractivity contribution in [3.05, 3.63) is 47.2 Å². The van der Waals surface area contributed by atoms with Crippen molar-refractivity contribution in [1.29, 1.82) is 0 Å². The van der Waals surface area contributed by atoms with Crippen LogP contribution < -0.4 is 10.6 Å². The van der Waals surface area contributed by atoms with Gasteiger partial charge in [0.05, 0.1) is 0 Å². The van der Waals surface area contributed by atoms with Crippen LogP contribution in [0.4, 0.5) is 10.6 Å². The Kier molecular flexibility index (Phi) is 3.62. The fourth-order valence-electron chi connectivity index (χ4n) is 1.57. The third kappa shape index (κ3) is 3.10. The summed E-state index contributed by atoms with van der Waals surface area (Å²) in [7, 11) is 0. The number of hydrogen-bond donors (Lipinski definition) is 2. The van der Waals surface area contributed by atoms with E-state index in [9.17, 15) is 4.79 Å². The highest BCUT2D eigenvalue weighted by Gasteiger charge is 2.05. The van der Waals surface area contributed by atoms with E-state index in [0.29, 0.717) is 18.1 Å². The van der Waals surface area contributed by atoms with Gasteiger partial charge in [0, 0.05) is 12.6 Å². The van der Waals surface area contributed by atoms with Crippen LogP contribution in [0.2, 0.25) is 0 Å². The van der Waals surface area contributed by atoms with E-state index in [-0.39, 0.29) is 6.03 Å². The lowest BCUT2D eigenvalue weighted by molar-refractivity contribution is 0.251. The lowest BCUT2D eigenvalue weighted by Gasteiger charge is -2.07. The molecule has 0 saturated heterocycles. The van der Waals surface area contributed by atoms with Gasteiger partial charge < -0.3 is 9.84 Å². The smallest absolute Gasteiger partial charge is 0.320 e. The topological polar surface area (TPSA) is 67.2 Å². The largest absolute Gasteiger partial charge is 0.360 e. The molecule has 0 aliphatic rings. The highest BCUT2D eigenvalue weighted by Crippen LogP contribution is 2.08. The second-order valence-corrected chi connectivity index (χ2v) is 4.06. The molecule has 0 aliphatic heterocycles. The van der Waals surface area contributed by atoms with Gasteiger partial charge in [-0.15, -0.1) is 0 Å². The summed E-state index contributed by atoms with van der Waals surface area (Å²) in [5.41, 5.74) is 2.24. The standard InChI is InChI=1S/C13H15N3O2/c1-9-5-3-4-6-11(9)8-14-13(17)15-12-7-10(2)18-16-12/h3-7H,8H2,1-2H3,(H2,14,15,16,17). The average Bonchev–Trinajstić information content (AvgIpc) is 2.74. The minimum absolute atomic E-state index is 0.299. The summed E-state index contributed by atoms with van der Waals surface area (Å²) in [6.07, 6.45) is 0. The number of aromatic nitrogens is 1. The number of aryl methyl sites for hydroxylation is 2. The van der Waals surface area contributed by atoms with E-state index >= 15 is 0 Å². The normalized spacial score (nSPS) is 10.1. The Hall–Kier alpha value is -2.30. The van der Waals surface area contributed by atoms with Gasteiger partial charge in [-0.25, -0.2) is 4.79 Å². The molecular weight excluding hydrogens is 230 g/mol. The van der Waals surface area contributed by atoms with E-state index in [4.69, 9.17) is 4.52 Å². The quantitative estimate of drug-likeness (QED) is 0.873. The van der Waals surface area contributed by atoms with Crippen molar-refractivity contribution >= 4 is 11.8 Å². The Morgan fingerprint density at radius 2 is 2.11 bits per heavy atom. The zero-order chi connectivity index (χ0) is 13.0. The van der Waals surface area contributed by atoms with Gasteiger partial charge in [0.15, 0.2) is 5.82 Å². The summed E-state index contributed by atoms with van der Waals surface area (Å²) >= 11 is 0. The highest BCUT2D eigenvalue weighted by atomic mass is 16.5. The third-order valence-corrected chi connectivity index (χ3v) is 2.57. The van der Waals surface area contributed by atoms with Gasteiger partial charge in [-0.3, -0.25) is 5.32 Å². The summed E-state index contributed by atoms with van der Waals surface area (Å²) in [6, 6.07) is 9.27. The summed E-state index contributed by atoms with van der Waals surface area (Å²) in [6.45, 7) is 4.26. The molecule has 2 rings (SSSR count). The van der Waals surface area contributed by atoms with E-state index in [2.05, 4.69) is 15.8 Å². The first kappa shape index (κ1) is 12.2. The van der Waals surface area contributed by atoms with Gasteiger partial charge in [0.25, 0.3) is 0 Å². The Morgan fingerprint density at radius 1 is 1.33 bits per heavy atom. The molecule has 2 aromatic rings. The molecule has 0 spiro atoms. The van der Waals surface area contributed by atoms with Crippen LogP contribution in [-0.2, 0) is 6.54 Å². The summed E-state index contributed by atoms with van der Waals surface area (Å²) in [4.78, 5) is 11.6. The van der Waals surface area contributed by atoms with Crippen molar-refractivity contribution in [1.82, 2.24) is 10.5 Å². The lowest BCUT2D eigenvalue weighted by Crippen LogP contribution is -2.28. The molecule has 5 heteroatoms. The molecule has 0 unspecified atom stereocenters. The van der Waals surface area contributed by atoms with Gasteiger partial charge in [-0.1, -0.05) is 29.4 Å². The predicted octanol–water partition coefficient (Wildman–Crippen LogP) is 2.61. The molecule has 0 bridgehead atoms. The van der Waals surface area contributed by atoms with Gasteiger partial charge in [-0.2, -0.15) is 0 Å². The molecule has 1 heterocycles. The number of carbonyl (C=O) groups is 1. The Labute approximate surface area is 105 Å². The van der Waals surface area contributed by atoms with E-state index in [0.717, 1.165) is 11.1 Å². The minimum Gasteiger partial charge on any atom is -0.360 e. The Morgan fingerprint density at radius 3 is 2.78 bits per heavy atom. The molecule has 0 saturated carbocycles. The van der Waals surface area contributed by atoms with Crippen molar-refractivity contribution in [3.63, 3.8) is 0 Å². The summed E-state index contributed by atoms with van der Waals surface area (Å²) < 4.78 is 4.85. The molecule has 0 radical (unpaired) electrons. The maximum absolute atomic E-state index is 11.6. The van der Waals surface area contributed by atoms with Crippen LogP contribution in [0.1, 0.15) is 16.9 Å². The van der Waals surface area contributed by atoms with Crippen LogP contribution in [0.25, 0.3) is 0 Å². The summed E-state index contributed by atoms with van der Waals surface area (Å²) in [5, 5.41) is 9.04. The van der Waals surface area contributed by atoms with Crippen molar-refractivity contribution in [2.24, 2.45) is 0 Å². The van der Waals surface area contributed by atoms with Gasteiger partial charge in [0.2, 0.25) is 0 Å². The Balaban J connectivity index is 1.87. The Bertz CT molecular complexity index is 549. The molecule has 18 heavy (non-hydrogen) atoms. The van der Waals surface area contributed by atoms with Crippen molar-refractivity contribution < 1.29 is 9.32 Å². The number of nitrogens with zero attached hydrogens (tertiary/aromatic N) is 1. The molecule has 1 aromatic carbocycles. The van der Waals surface area contributed by atoms with E-state index in [1.807, 2.05) is 31.2 Å². The van der Waals surface area contributed by atoms with E-state index < -0.39 is 0 Å². The zero-order valence-electron chi connectivity index (χ0n) is 10.4. The average molecular weight is 245 g/mol. The first-order valence-electron chi connectivity index (χ1n) is 5.68. The lowest BCUT2D eigenvalue weighted by atomic mass is 10.1. The molecule has 94 valence electrons. The first-order valence-corrected chi connectivity index (χ1v) is 5.68. The first-order chi connectivity index (χ1) is 8.65. The molecular formula is C13H15N3O2. The molecule has 2 amide bonds. The van der Waals surface area contributed by atoms with Crippen LogP contribution in [0.3, 0.4) is 0 Å². The molecule has 0 aliphatic carbocycles. The van der Waals surface area contributed by atoms with Gasteiger partial charge in [0.1, 0.15) is 5.76 Å². The number of amides is 2. The number of rotatable bonds is 3. The third-order valence-electron chi connectivity index (χ3n) is 2.57. The second-order valence-electron chi connectivity index (χ2n) is 4.06. The van der Waals surface area contributed by atoms with Gasteiger partial charge >= 0.3 is 6.03 Å². The van der Waals surface area contributed by atoms with E-state index in [1.54, 1.807) is 13.0 Å². The van der Waals surface area contributed by atoms with Crippen LogP contribution in [0, 0.1) is 13.8 Å². The van der Waals surface area contributed by atoms with Crippen LogP contribution in [0.15, 0.2) is 34.9 Å². The van der Waals surface area contributed by atoms with Crippen molar-refractivity contribution in [3.8, 4) is 0 Å². The predicted molar refractivity (Wildman–Crippen MR) is 68.3 cm³/mol. The summed E-state index contributed by atoms with van der Waals surface area (Å²) in [5.74, 6) is 1.07. The SMILES string of the molecule is Cc1cc(NC(=O)NCc2ccccc2C)no1. The molecule has 5 nitrogen and oxygen atoms in total. The number of benzene rings is 1. The van der Waals surface area contributed by atoms with Crippen molar-refractivity contribution in [2.45, 2.75) is 20.4 Å². The van der Waals surface area contributed by atoms with Crippen LogP contribution >= 0.6 is 0 Å². The minimum atomic E-state index is -0.299. The van der Waals surface area contributed by atoms with E-state index in [1.165, 1.54) is 0 Å². The number of urea groups is 1. The molecule has 2 N–H and O–H groups in total. The second kappa shape index (κ2) is 5.35. The number of carbonyl (C=O) groups excluding carboxylic acids is 1. The van der Waals surface area contributed by atoms with Crippen LogP contribution in [-0.4, -0.2) is 11.2 Å². The molecule has 1 aromatic heterocycles.